The number of imide groups is 1. The van der Waals surface area contributed by atoms with Crippen LogP contribution < -0.4 is 5.32 Å². The molecule has 2 aromatic rings. The first-order chi connectivity index (χ1) is 16.0. The lowest BCUT2D eigenvalue weighted by Crippen LogP contribution is -2.50. The molecular formula is C25H26N4O4. The highest BCUT2D eigenvalue weighted by Gasteiger charge is 2.34. The van der Waals surface area contributed by atoms with Crippen LogP contribution in [0.1, 0.15) is 53.6 Å². The maximum atomic E-state index is 12.8. The molecule has 0 atom stereocenters. The van der Waals surface area contributed by atoms with Gasteiger partial charge in [-0.05, 0) is 53.6 Å². The number of carbonyl (C=O) groups excluding carboxylic acids is 2. The Morgan fingerprint density at radius 3 is 2.42 bits per heavy atom. The molecule has 0 radical (unpaired) electrons. The lowest BCUT2D eigenvalue weighted by molar-refractivity contribution is 0.0964. The normalized spacial score (nSPS) is 15.3. The van der Waals surface area contributed by atoms with Gasteiger partial charge in [-0.2, -0.15) is 5.26 Å². The number of rotatable bonds is 5. The molecule has 4 amide bonds. The third-order valence-electron chi connectivity index (χ3n) is 6.40. The van der Waals surface area contributed by atoms with E-state index in [1.807, 2.05) is 48.7 Å². The van der Waals surface area contributed by atoms with Crippen LogP contribution in [0.2, 0.25) is 0 Å². The van der Waals surface area contributed by atoms with Gasteiger partial charge in [-0.15, -0.1) is 0 Å². The Balaban J connectivity index is 1.40. The van der Waals surface area contributed by atoms with E-state index in [-0.39, 0.29) is 18.5 Å². The molecule has 0 aromatic heterocycles. The molecule has 2 aromatic carbocycles. The minimum absolute atomic E-state index is 0.0477. The molecule has 2 N–H and O–H groups in total. The minimum atomic E-state index is -1.30. The molecule has 0 bridgehead atoms. The topological polar surface area (TPSA) is 114 Å². The third kappa shape index (κ3) is 4.82. The molecule has 4 rings (SSSR count). The predicted molar refractivity (Wildman–Crippen MR) is 121 cm³/mol. The van der Waals surface area contributed by atoms with E-state index < -0.39 is 12.1 Å². The Kier molecular flexibility index (Phi) is 6.59. The number of nitrogens with zero attached hydrogens (tertiary/aromatic N) is 3. The van der Waals surface area contributed by atoms with Crippen LogP contribution in [0.25, 0.3) is 11.1 Å². The smallest absolute Gasteiger partial charge is 0.415 e. The van der Waals surface area contributed by atoms with Crippen molar-refractivity contribution in [2.24, 2.45) is 0 Å². The van der Waals surface area contributed by atoms with Gasteiger partial charge in [0, 0.05) is 24.7 Å². The van der Waals surface area contributed by atoms with Crippen LogP contribution in [-0.4, -0.2) is 45.5 Å². The van der Waals surface area contributed by atoms with Gasteiger partial charge in [0.25, 0.3) is 5.91 Å². The zero-order valence-corrected chi connectivity index (χ0v) is 18.3. The van der Waals surface area contributed by atoms with Crippen molar-refractivity contribution in [3.8, 4) is 17.3 Å². The van der Waals surface area contributed by atoms with E-state index in [0.717, 1.165) is 51.3 Å². The quantitative estimate of drug-likeness (QED) is 0.523. The summed E-state index contributed by atoms with van der Waals surface area (Å²) in [5.41, 5.74) is 4.63. The van der Waals surface area contributed by atoms with Crippen molar-refractivity contribution in [3.63, 3.8) is 0 Å². The number of nitrogens with one attached hydrogen (secondary N) is 1. The highest BCUT2D eigenvalue weighted by atomic mass is 16.4. The van der Waals surface area contributed by atoms with Crippen LogP contribution >= 0.6 is 0 Å². The summed E-state index contributed by atoms with van der Waals surface area (Å²) in [6.45, 7) is 0.643. The first kappa shape index (κ1) is 22.3. The Morgan fingerprint density at radius 2 is 1.76 bits per heavy atom. The van der Waals surface area contributed by atoms with Gasteiger partial charge < -0.3 is 10.4 Å². The van der Waals surface area contributed by atoms with Crippen LogP contribution in [0.15, 0.2) is 42.5 Å². The van der Waals surface area contributed by atoms with Gasteiger partial charge >= 0.3 is 12.1 Å². The second-order valence-electron chi connectivity index (χ2n) is 8.48. The number of amides is 4. The summed E-state index contributed by atoms with van der Waals surface area (Å²) >= 11 is 0. The monoisotopic (exact) mass is 446 g/mol. The van der Waals surface area contributed by atoms with Crippen molar-refractivity contribution in [3.05, 3.63) is 59.2 Å². The number of urea groups is 1. The number of carboxylic acid groups (broad SMARTS) is 1. The molecule has 8 heteroatoms. The SMILES string of the molecule is N#CN(CCc1ccc(-c2ccc3c(c2)CNC3=O)cc1)C(=O)N(C(=O)O)C1CCCCC1. The van der Waals surface area contributed by atoms with Crippen molar-refractivity contribution < 1.29 is 19.5 Å². The number of carbonyl (C=O) groups is 3. The molecule has 1 aliphatic heterocycles. The van der Waals surface area contributed by atoms with Gasteiger partial charge in [0.05, 0.1) is 0 Å². The van der Waals surface area contributed by atoms with Gasteiger partial charge in [-0.25, -0.2) is 19.4 Å². The average molecular weight is 447 g/mol. The van der Waals surface area contributed by atoms with E-state index in [0.29, 0.717) is 31.4 Å². The van der Waals surface area contributed by atoms with E-state index in [1.165, 1.54) is 0 Å². The second-order valence-corrected chi connectivity index (χ2v) is 8.48. The summed E-state index contributed by atoms with van der Waals surface area (Å²) in [7, 11) is 0. The van der Waals surface area contributed by atoms with Crippen LogP contribution in [0.3, 0.4) is 0 Å². The third-order valence-corrected chi connectivity index (χ3v) is 6.40. The Morgan fingerprint density at radius 1 is 1.06 bits per heavy atom. The summed E-state index contributed by atoms with van der Waals surface area (Å²) < 4.78 is 0. The Labute approximate surface area is 192 Å². The summed E-state index contributed by atoms with van der Waals surface area (Å²) in [4.78, 5) is 38.0. The fraction of sp³-hybridized carbons (Fsp3) is 0.360. The molecule has 170 valence electrons. The van der Waals surface area contributed by atoms with Crippen molar-refractivity contribution in [2.75, 3.05) is 6.54 Å². The number of hydrogen-bond donors (Lipinski definition) is 2. The fourth-order valence-corrected chi connectivity index (χ4v) is 4.57. The predicted octanol–water partition coefficient (Wildman–Crippen LogP) is 4.36. The van der Waals surface area contributed by atoms with E-state index in [9.17, 15) is 24.8 Å². The largest absolute Gasteiger partial charge is 0.465 e. The Bertz CT molecular complexity index is 1100. The lowest BCUT2D eigenvalue weighted by Gasteiger charge is -2.32. The van der Waals surface area contributed by atoms with Gasteiger partial charge in [-0.3, -0.25) is 4.79 Å². The summed E-state index contributed by atoms with van der Waals surface area (Å²) in [6.07, 6.45) is 5.08. The molecule has 33 heavy (non-hydrogen) atoms. The highest BCUT2D eigenvalue weighted by molar-refractivity contribution is 5.98. The van der Waals surface area contributed by atoms with Crippen LogP contribution in [0, 0.1) is 11.5 Å². The molecule has 0 unspecified atom stereocenters. The highest BCUT2D eigenvalue weighted by Crippen LogP contribution is 2.26. The second kappa shape index (κ2) is 9.74. The Hall–Kier alpha value is -3.86. The summed E-state index contributed by atoms with van der Waals surface area (Å²) in [5, 5.41) is 21.9. The standard InChI is InChI=1S/C25H26N4O4/c26-16-28(24(31)29(25(32)33)21-4-2-1-3-5-21)13-12-17-6-8-18(9-7-17)19-10-11-22-20(14-19)15-27-23(22)30/h6-11,14,21H,1-5,12-13,15H2,(H,27,30)(H,32,33). The van der Waals surface area contributed by atoms with Crippen molar-refractivity contribution >= 4 is 18.0 Å². The fourth-order valence-electron chi connectivity index (χ4n) is 4.57. The van der Waals surface area contributed by atoms with Crippen molar-refractivity contribution in [1.29, 1.82) is 5.26 Å². The minimum Gasteiger partial charge on any atom is -0.465 e. The van der Waals surface area contributed by atoms with Crippen molar-refractivity contribution in [2.45, 2.75) is 51.1 Å². The first-order valence-corrected chi connectivity index (χ1v) is 11.2. The summed E-state index contributed by atoms with van der Waals surface area (Å²) in [5.74, 6) is -0.0477. The molecule has 2 aliphatic rings. The molecular weight excluding hydrogens is 420 g/mol. The molecule has 1 heterocycles. The maximum Gasteiger partial charge on any atom is 0.415 e. The average Bonchev–Trinajstić information content (AvgIpc) is 3.20. The molecule has 0 spiro atoms. The number of nitriles is 1. The van der Waals surface area contributed by atoms with E-state index in [2.05, 4.69) is 5.32 Å². The lowest BCUT2D eigenvalue weighted by atomic mass is 9.94. The first-order valence-electron chi connectivity index (χ1n) is 11.2. The molecule has 1 aliphatic carbocycles. The van der Waals surface area contributed by atoms with Gasteiger partial charge in [0.15, 0.2) is 6.19 Å². The number of fused-ring (bicyclic) bond motifs is 1. The van der Waals surface area contributed by atoms with Crippen LogP contribution in [-0.2, 0) is 13.0 Å². The van der Waals surface area contributed by atoms with Gasteiger partial charge in [-0.1, -0.05) is 49.6 Å². The molecule has 8 nitrogen and oxygen atoms in total. The van der Waals surface area contributed by atoms with Crippen LogP contribution in [0.4, 0.5) is 9.59 Å². The van der Waals surface area contributed by atoms with E-state index in [4.69, 9.17) is 0 Å². The number of hydrogen-bond acceptors (Lipinski definition) is 4. The molecule has 1 fully saturated rings. The van der Waals surface area contributed by atoms with E-state index >= 15 is 0 Å². The van der Waals surface area contributed by atoms with Crippen molar-refractivity contribution in [1.82, 2.24) is 15.1 Å². The zero-order chi connectivity index (χ0) is 23.4. The maximum absolute atomic E-state index is 12.8. The van der Waals surface area contributed by atoms with E-state index in [1.54, 1.807) is 0 Å². The van der Waals surface area contributed by atoms with Gasteiger partial charge in [0.1, 0.15) is 0 Å². The van der Waals surface area contributed by atoms with Gasteiger partial charge in [0.2, 0.25) is 0 Å². The summed E-state index contributed by atoms with van der Waals surface area (Å²) in [6, 6.07) is 12.4. The zero-order valence-electron chi connectivity index (χ0n) is 18.3. The number of benzene rings is 2. The van der Waals surface area contributed by atoms with Crippen LogP contribution in [0.5, 0.6) is 0 Å². The molecule has 0 saturated heterocycles. The molecule has 1 saturated carbocycles.